The van der Waals surface area contributed by atoms with Crippen LogP contribution in [-0.4, -0.2) is 41.6 Å². The van der Waals surface area contributed by atoms with Gasteiger partial charge in [0.25, 0.3) is 0 Å². The molecule has 23 heavy (non-hydrogen) atoms. The van der Waals surface area contributed by atoms with E-state index < -0.39 is 0 Å². The summed E-state index contributed by atoms with van der Waals surface area (Å²) in [7, 11) is 4.25. The van der Waals surface area contributed by atoms with E-state index in [9.17, 15) is 4.79 Å². The summed E-state index contributed by atoms with van der Waals surface area (Å²) < 4.78 is 2.22. The van der Waals surface area contributed by atoms with Crippen molar-refractivity contribution in [3.63, 3.8) is 0 Å². The van der Waals surface area contributed by atoms with Crippen LogP contribution in [0.1, 0.15) is 18.1 Å². The standard InChI is InChI=1S/C19H23N3O/c1-4-20-19(23)13-8-15-14-6-5-7-16-18(14)12(10-21(16)2)9-17(15)22(3)11-13/h5-8,10,13,17H,4,9,11H2,1-3H3,(H,20,23)/t13-,17+/m0/s1. The summed E-state index contributed by atoms with van der Waals surface area (Å²) in [5, 5.41) is 4.33. The summed E-state index contributed by atoms with van der Waals surface area (Å²) in [5.74, 6) is 0.0723. The fourth-order valence-electron chi connectivity index (χ4n) is 4.20. The number of hydrogen-bond acceptors (Lipinski definition) is 2. The quantitative estimate of drug-likeness (QED) is 0.923. The van der Waals surface area contributed by atoms with Gasteiger partial charge in [0.05, 0.1) is 5.92 Å². The molecular formula is C19H23N3O. The van der Waals surface area contributed by atoms with Gasteiger partial charge in [-0.3, -0.25) is 9.69 Å². The van der Waals surface area contributed by atoms with E-state index in [0.717, 1.165) is 13.0 Å². The van der Waals surface area contributed by atoms with Crippen molar-refractivity contribution >= 4 is 22.4 Å². The molecule has 4 rings (SSSR count). The van der Waals surface area contributed by atoms with Crippen molar-refractivity contribution in [3.05, 3.63) is 41.6 Å². The van der Waals surface area contributed by atoms with Crippen LogP contribution in [-0.2, 0) is 18.3 Å². The number of nitrogens with zero attached hydrogens (tertiary/aromatic N) is 2. The Bertz CT molecular complexity index is 817. The van der Waals surface area contributed by atoms with Gasteiger partial charge in [0.15, 0.2) is 0 Å². The van der Waals surface area contributed by atoms with E-state index in [1.54, 1.807) is 0 Å². The van der Waals surface area contributed by atoms with E-state index in [4.69, 9.17) is 0 Å². The molecule has 2 heterocycles. The van der Waals surface area contributed by atoms with Gasteiger partial charge in [0.2, 0.25) is 5.91 Å². The number of fused-ring (bicyclic) bond motifs is 2. The van der Waals surface area contributed by atoms with Crippen molar-refractivity contribution in [1.82, 2.24) is 14.8 Å². The number of carbonyl (C=O) groups is 1. The summed E-state index contributed by atoms with van der Waals surface area (Å²) in [5.41, 5.74) is 5.32. The maximum Gasteiger partial charge on any atom is 0.228 e. The summed E-state index contributed by atoms with van der Waals surface area (Å²) in [4.78, 5) is 14.7. The highest BCUT2D eigenvalue weighted by Gasteiger charge is 2.35. The van der Waals surface area contributed by atoms with E-state index in [-0.39, 0.29) is 11.8 Å². The highest BCUT2D eigenvalue weighted by molar-refractivity contribution is 5.99. The van der Waals surface area contributed by atoms with E-state index in [1.165, 1.54) is 27.6 Å². The maximum absolute atomic E-state index is 12.3. The summed E-state index contributed by atoms with van der Waals surface area (Å²) in [6.07, 6.45) is 5.49. The minimum atomic E-state index is -0.0632. The Hall–Kier alpha value is -2.07. The third kappa shape index (κ3) is 2.12. The number of likely N-dealkylation sites (N-methyl/N-ethyl adjacent to an activating group) is 1. The molecule has 0 radical (unpaired) electrons. The summed E-state index contributed by atoms with van der Waals surface area (Å²) in [6.45, 7) is 3.44. The Balaban J connectivity index is 1.87. The van der Waals surface area contributed by atoms with E-state index in [0.29, 0.717) is 12.6 Å². The molecule has 4 nitrogen and oxygen atoms in total. The Labute approximate surface area is 136 Å². The number of hydrogen-bond donors (Lipinski definition) is 1. The van der Waals surface area contributed by atoms with Crippen LogP contribution in [0.3, 0.4) is 0 Å². The first-order chi connectivity index (χ1) is 11.1. The van der Waals surface area contributed by atoms with Crippen molar-refractivity contribution in [1.29, 1.82) is 0 Å². The molecule has 2 aliphatic rings. The van der Waals surface area contributed by atoms with Crippen LogP contribution in [0.4, 0.5) is 0 Å². The molecule has 0 spiro atoms. The molecule has 2 aromatic rings. The Morgan fingerprint density at radius 3 is 2.96 bits per heavy atom. The van der Waals surface area contributed by atoms with Crippen LogP contribution in [0.15, 0.2) is 30.5 Å². The van der Waals surface area contributed by atoms with Crippen molar-refractivity contribution in [3.8, 4) is 0 Å². The lowest BCUT2D eigenvalue weighted by Gasteiger charge is -2.39. The normalized spacial score (nSPS) is 23.5. The lowest BCUT2D eigenvalue weighted by molar-refractivity contribution is -0.124. The van der Waals surface area contributed by atoms with Gasteiger partial charge in [-0.2, -0.15) is 0 Å². The van der Waals surface area contributed by atoms with Crippen LogP contribution in [0.5, 0.6) is 0 Å². The van der Waals surface area contributed by atoms with Gasteiger partial charge in [-0.1, -0.05) is 18.2 Å². The molecule has 2 atom stereocenters. The number of aromatic nitrogens is 1. The van der Waals surface area contributed by atoms with Crippen molar-refractivity contribution in [2.24, 2.45) is 13.0 Å². The fraction of sp³-hybridized carbons (Fsp3) is 0.421. The molecule has 1 N–H and O–H groups in total. The van der Waals surface area contributed by atoms with Crippen LogP contribution in [0.25, 0.3) is 16.5 Å². The van der Waals surface area contributed by atoms with E-state index in [2.05, 4.69) is 59.4 Å². The zero-order valence-electron chi connectivity index (χ0n) is 14.0. The van der Waals surface area contributed by atoms with Crippen LogP contribution in [0, 0.1) is 5.92 Å². The molecule has 1 aliphatic heterocycles. The van der Waals surface area contributed by atoms with E-state index >= 15 is 0 Å². The Kier molecular flexibility index (Phi) is 3.31. The largest absolute Gasteiger partial charge is 0.356 e. The lowest BCUT2D eigenvalue weighted by atomic mass is 9.80. The molecule has 120 valence electrons. The van der Waals surface area contributed by atoms with Gasteiger partial charge in [0.1, 0.15) is 0 Å². The van der Waals surface area contributed by atoms with Crippen molar-refractivity contribution < 1.29 is 4.79 Å². The van der Waals surface area contributed by atoms with E-state index in [1.807, 2.05) is 6.92 Å². The van der Waals surface area contributed by atoms with Crippen LogP contribution in [0.2, 0.25) is 0 Å². The Morgan fingerprint density at radius 2 is 2.17 bits per heavy atom. The topological polar surface area (TPSA) is 37.3 Å². The molecule has 1 aliphatic carbocycles. The molecule has 0 saturated heterocycles. The van der Waals surface area contributed by atoms with Gasteiger partial charge in [0, 0.05) is 43.3 Å². The first kappa shape index (κ1) is 14.5. The highest BCUT2D eigenvalue weighted by atomic mass is 16.1. The lowest BCUT2D eigenvalue weighted by Crippen LogP contribution is -2.46. The Morgan fingerprint density at radius 1 is 1.35 bits per heavy atom. The third-order valence-corrected chi connectivity index (χ3v) is 5.26. The zero-order valence-corrected chi connectivity index (χ0v) is 14.0. The van der Waals surface area contributed by atoms with Crippen LogP contribution < -0.4 is 5.32 Å². The molecule has 4 heteroatoms. The minimum Gasteiger partial charge on any atom is -0.356 e. The number of nitrogens with one attached hydrogen (secondary N) is 1. The second-order valence-electron chi connectivity index (χ2n) is 6.75. The molecule has 0 fully saturated rings. The second-order valence-corrected chi connectivity index (χ2v) is 6.75. The third-order valence-electron chi connectivity index (χ3n) is 5.26. The second kappa shape index (κ2) is 5.24. The van der Waals surface area contributed by atoms with Gasteiger partial charge < -0.3 is 9.88 Å². The SMILES string of the molecule is CCNC(=O)[C@H]1C=C2c3cccc4c3c(cn4C)C[C@H]2N(C)C1. The zero-order chi connectivity index (χ0) is 16.1. The van der Waals surface area contributed by atoms with Gasteiger partial charge in [-0.25, -0.2) is 0 Å². The van der Waals surface area contributed by atoms with Gasteiger partial charge >= 0.3 is 0 Å². The molecule has 0 bridgehead atoms. The summed E-state index contributed by atoms with van der Waals surface area (Å²) in [6, 6.07) is 6.89. The number of amides is 1. The monoisotopic (exact) mass is 309 g/mol. The molecule has 1 amide bonds. The first-order valence-electron chi connectivity index (χ1n) is 8.37. The van der Waals surface area contributed by atoms with Gasteiger partial charge in [-0.15, -0.1) is 0 Å². The van der Waals surface area contributed by atoms with Crippen LogP contribution >= 0.6 is 0 Å². The molecule has 1 aromatic carbocycles. The average Bonchev–Trinajstić information content (AvgIpc) is 2.86. The number of aryl methyl sites for hydroxylation is 1. The highest BCUT2D eigenvalue weighted by Crippen LogP contribution is 2.41. The first-order valence-corrected chi connectivity index (χ1v) is 8.37. The molecule has 1 aromatic heterocycles. The number of carbonyl (C=O) groups excluding carboxylic acids is 1. The predicted octanol–water partition coefficient (Wildman–Crippen LogP) is 2.18. The molecular weight excluding hydrogens is 286 g/mol. The smallest absolute Gasteiger partial charge is 0.228 e. The van der Waals surface area contributed by atoms with Crippen molar-refractivity contribution in [2.45, 2.75) is 19.4 Å². The van der Waals surface area contributed by atoms with Crippen molar-refractivity contribution in [2.75, 3.05) is 20.1 Å². The fourth-order valence-corrected chi connectivity index (χ4v) is 4.20. The van der Waals surface area contributed by atoms with Gasteiger partial charge in [-0.05, 0) is 43.2 Å². The molecule has 0 saturated carbocycles. The summed E-state index contributed by atoms with van der Waals surface area (Å²) >= 11 is 0. The molecule has 0 unspecified atom stereocenters. The number of benzene rings is 1. The minimum absolute atomic E-state index is 0.0632. The predicted molar refractivity (Wildman–Crippen MR) is 93.2 cm³/mol. The number of rotatable bonds is 2. The average molecular weight is 309 g/mol. The maximum atomic E-state index is 12.3.